The highest BCUT2D eigenvalue weighted by Crippen LogP contribution is 2.28. The van der Waals surface area contributed by atoms with E-state index in [-0.39, 0.29) is 28.1 Å². The van der Waals surface area contributed by atoms with E-state index in [1.165, 1.54) is 34.9 Å². The lowest BCUT2D eigenvalue weighted by molar-refractivity contribution is -0.122. The normalized spacial score (nSPS) is 15.2. The summed E-state index contributed by atoms with van der Waals surface area (Å²) in [5, 5.41) is 10.1. The molecule has 0 bridgehead atoms. The van der Waals surface area contributed by atoms with Crippen LogP contribution in [0.3, 0.4) is 0 Å². The first-order chi connectivity index (χ1) is 16.6. The third-order valence-electron chi connectivity index (χ3n) is 6.06. The number of hydrogen-bond acceptors (Lipinski definition) is 7. The maximum atomic E-state index is 13.5. The molecule has 1 aliphatic rings. The standard InChI is InChI=1S/C24H22ClN5O4S/c1-15-3-2-10-30-22(15)28-23(29-11-8-16(9-12-29)21(27)31)20(24(30)32)13-19(14-26)35(33,34)18-6-4-17(25)5-7-18/h2-7,10,13,16H,8-9,11-12H2,1H3,(H2,27,31). The molecule has 3 heterocycles. The van der Waals surface area contributed by atoms with E-state index in [0.717, 1.165) is 11.6 Å². The van der Waals surface area contributed by atoms with Crippen molar-refractivity contribution < 1.29 is 13.2 Å². The van der Waals surface area contributed by atoms with Gasteiger partial charge in [0, 0.05) is 30.2 Å². The van der Waals surface area contributed by atoms with Crippen LogP contribution in [0.25, 0.3) is 11.7 Å². The number of benzene rings is 1. The van der Waals surface area contributed by atoms with Gasteiger partial charge in [-0.1, -0.05) is 17.7 Å². The summed E-state index contributed by atoms with van der Waals surface area (Å²) in [6.07, 6.45) is 3.56. The lowest BCUT2D eigenvalue weighted by Gasteiger charge is -2.32. The van der Waals surface area contributed by atoms with Crippen molar-refractivity contribution in [1.82, 2.24) is 9.38 Å². The van der Waals surface area contributed by atoms with Crippen molar-refractivity contribution in [2.75, 3.05) is 18.0 Å². The number of nitrogens with two attached hydrogens (primary N) is 1. The summed E-state index contributed by atoms with van der Waals surface area (Å²) in [7, 11) is -4.23. The lowest BCUT2D eigenvalue weighted by atomic mass is 9.96. The van der Waals surface area contributed by atoms with E-state index >= 15 is 0 Å². The van der Waals surface area contributed by atoms with E-state index < -0.39 is 20.3 Å². The maximum Gasteiger partial charge on any atom is 0.267 e. The molecule has 9 nitrogen and oxygen atoms in total. The SMILES string of the molecule is Cc1cccn2c(=O)c(C=C(C#N)S(=O)(=O)c3ccc(Cl)cc3)c(N3CCC(C(N)=O)CC3)nc12. The lowest BCUT2D eigenvalue weighted by Crippen LogP contribution is -2.40. The van der Waals surface area contributed by atoms with Crippen LogP contribution in [0.5, 0.6) is 0 Å². The predicted molar refractivity (Wildman–Crippen MR) is 133 cm³/mol. The minimum absolute atomic E-state index is 0.0280. The van der Waals surface area contributed by atoms with E-state index in [0.29, 0.717) is 36.6 Å². The summed E-state index contributed by atoms with van der Waals surface area (Å²) >= 11 is 5.87. The number of aryl methyl sites for hydroxylation is 1. The Morgan fingerprint density at radius 1 is 1.23 bits per heavy atom. The highest BCUT2D eigenvalue weighted by Gasteiger charge is 2.28. The Labute approximate surface area is 207 Å². The van der Waals surface area contributed by atoms with E-state index in [2.05, 4.69) is 4.98 Å². The highest BCUT2D eigenvalue weighted by molar-refractivity contribution is 7.95. The molecule has 1 fully saturated rings. The van der Waals surface area contributed by atoms with Gasteiger partial charge in [0.25, 0.3) is 5.56 Å². The fourth-order valence-electron chi connectivity index (χ4n) is 4.09. The first-order valence-electron chi connectivity index (χ1n) is 10.8. The number of nitriles is 1. The molecule has 2 aromatic heterocycles. The number of hydrogen-bond donors (Lipinski definition) is 1. The average molecular weight is 512 g/mol. The fraction of sp³-hybridized carbons (Fsp3) is 0.250. The molecule has 0 aliphatic carbocycles. The number of carbonyl (C=O) groups is 1. The Morgan fingerprint density at radius 2 is 1.89 bits per heavy atom. The van der Waals surface area contributed by atoms with Crippen molar-refractivity contribution in [3.8, 4) is 6.07 Å². The first-order valence-corrected chi connectivity index (χ1v) is 12.7. The van der Waals surface area contributed by atoms with Gasteiger partial charge in [-0.25, -0.2) is 13.4 Å². The second kappa shape index (κ2) is 9.52. The number of piperidine rings is 1. The molecule has 1 saturated heterocycles. The van der Waals surface area contributed by atoms with Gasteiger partial charge in [-0.05, 0) is 61.7 Å². The number of pyridine rings is 1. The molecule has 35 heavy (non-hydrogen) atoms. The average Bonchev–Trinajstić information content (AvgIpc) is 2.84. The summed E-state index contributed by atoms with van der Waals surface area (Å²) in [6.45, 7) is 2.61. The molecule has 180 valence electrons. The van der Waals surface area contributed by atoms with Crippen molar-refractivity contribution in [2.45, 2.75) is 24.7 Å². The van der Waals surface area contributed by atoms with Crippen molar-refractivity contribution in [1.29, 1.82) is 5.26 Å². The van der Waals surface area contributed by atoms with E-state index in [1.807, 2.05) is 17.9 Å². The third kappa shape index (κ3) is 4.65. The molecule has 0 saturated carbocycles. The quantitative estimate of drug-likeness (QED) is 0.519. The molecule has 11 heteroatoms. The topological polar surface area (TPSA) is 139 Å². The predicted octanol–water partition coefficient (Wildman–Crippen LogP) is 2.70. The number of fused-ring (bicyclic) bond motifs is 1. The van der Waals surface area contributed by atoms with Gasteiger partial charge in [0.1, 0.15) is 22.4 Å². The first kappa shape index (κ1) is 24.4. The van der Waals surface area contributed by atoms with E-state index in [9.17, 15) is 23.3 Å². The summed E-state index contributed by atoms with van der Waals surface area (Å²) in [4.78, 5) is 30.9. The monoisotopic (exact) mass is 511 g/mol. The van der Waals surface area contributed by atoms with E-state index in [1.54, 1.807) is 12.1 Å². The van der Waals surface area contributed by atoms with Gasteiger partial charge in [0.05, 0.1) is 10.5 Å². The third-order valence-corrected chi connectivity index (χ3v) is 7.99. The van der Waals surface area contributed by atoms with Gasteiger partial charge in [-0.15, -0.1) is 0 Å². The van der Waals surface area contributed by atoms with Crippen LogP contribution in [0, 0.1) is 24.2 Å². The Kier molecular flexibility index (Phi) is 6.65. The van der Waals surface area contributed by atoms with Crippen LogP contribution in [0.1, 0.15) is 24.0 Å². The molecule has 1 aromatic carbocycles. The number of rotatable bonds is 5. The largest absolute Gasteiger partial charge is 0.369 e. The molecule has 1 amide bonds. The minimum atomic E-state index is -4.23. The molecule has 0 atom stereocenters. The highest BCUT2D eigenvalue weighted by atomic mass is 35.5. The molecule has 0 unspecified atom stereocenters. The molecule has 3 aromatic rings. The second-order valence-corrected chi connectivity index (χ2v) is 10.6. The summed E-state index contributed by atoms with van der Waals surface area (Å²) < 4.78 is 27.7. The van der Waals surface area contributed by atoms with Gasteiger partial charge in [0.2, 0.25) is 15.7 Å². The van der Waals surface area contributed by atoms with Gasteiger partial charge in [-0.2, -0.15) is 5.26 Å². The summed E-state index contributed by atoms with van der Waals surface area (Å²) in [6, 6.07) is 10.6. The Bertz CT molecular complexity index is 1550. The molecule has 0 radical (unpaired) electrons. The number of aromatic nitrogens is 2. The number of nitrogens with zero attached hydrogens (tertiary/aromatic N) is 4. The van der Waals surface area contributed by atoms with Crippen LogP contribution in [-0.4, -0.2) is 36.8 Å². The Hall–Kier alpha value is -3.68. The van der Waals surface area contributed by atoms with Crippen molar-refractivity contribution in [3.63, 3.8) is 0 Å². The smallest absolute Gasteiger partial charge is 0.267 e. The molecular formula is C24H22ClN5O4S. The number of sulfone groups is 1. The molecule has 4 rings (SSSR count). The van der Waals surface area contributed by atoms with Crippen LogP contribution in [-0.2, 0) is 14.6 Å². The van der Waals surface area contributed by atoms with Crippen molar-refractivity contribution in [3.05, 3.63) is 74.0 Å². The van der Waals surface area contributed by atoms with Gasteiger partial charge < -0.3 is 10.6 Å². The van der Waals surface area contributed by atoms with Gasteiger partial charge >= 0.3 is 0 Å². The van der Waals surface area contributed by atoms with Crippen LogP contribution in [0.4, 0.5) is 5.82 Å². The Balaban J connectivity index is 1.91. The van der Waals surface area contributed by atoms with Crippen LogP contribution in [0.15, 0.2) is 57.2 Å². The number of primary amides is 1. The summed E-state index contributed by atoms with van der Waals surface area (Å²) in [5.41, 5.74) is 6.08. The zero-order valence-corrected chi connectivity index (χ0v) is 20.4. The van der Waals surface area contributed by atoms with Gasteiger partial charge in [0.15, 0.2) is 0 Å². The Morgan fingerprint density at radius 3 is 2.49 bits per heavy atom. The number of anilines is 1. The molecular weight excluding hydrogens is 490 g/mol. The van der Waals surface area contributed by atoms with Gasteiger partial charge in [-0.3, -0.25) is 14.0 Å². The second-order valence-electron chi connectivity index (χ2n) is 8.28. The molecule has 0 spiro atoms. The zero-order valence-electron chi connectivity index (χ0n) is 18.8. The zero-order chi connectivity index (χ0) is 25.3. The van der Waals surface area contributed by atoms with Crippen LogP contribution < -0.4 is 16.2 Å². The fourth-order valence-corrected chi connectivity index (χ4v) is 5.35. The number of allylic oxidation sites excluding steroid dienone is 1. The minimum Gasteiger partial charge on any atom is -0.369 e. The molecule has 2 N–H and O–H groups in total. The maximum absolute atomic E-state index is 13.5. The number of carbonyl (C=O) groups excluding carboxylic acids is 1. The van der Waals surface area contributed by atoms with Crippen molar-refractivity contribution in [2.24, 2.45) is 11.7 Å². The van der Waals surface area contributed by atoms with Crippen LogP contribution in [0.2, 0.25) is 5.02 Å². The van der Waals surface area contributed by atoms with E-state index in [4.69, 9.17) is 17.3 Å². The number of halogens is 1. The molecule has 1 aliphatic heterocycles. The van der Waals surface area contributed by atoms with Crippen molar-refractivity contribution >= 4 is 44.9 Å². The van der Waals surface area contributed by atoms with Crippen LogP contribution >= 0.6 is 11.6 Å². The number of amides is 1. The summed E-state index contributed by atoms with van der Waals surface area (Å²) in [5.74, 6) is -0.410.